The number of nitrogens with zero attached hydrogens (tertiary/aromatic N) is 2. The Kier molecular flexibility index (Phi) is 6.81. The highest BCUT2D eigenvalue weighted by Crippen LogP contribution is 2.16. The predicted octanol–water partition coefficient (Wildman–Crippen LogP) is 1.45. The van der Waals surface area contributed by atoms with Crippen molar-refractivity contribution in [2.24, 2.45) is 0 Å². The van der Waals surface area contributed by atoms with Gasteiger partial charge in [0.25, 0.3) is 5.91 Å². The Balaban J connectivity index is 1.75. The third-order valence-electron chi connectivity index (χ3n) is 3.86. The summed E-state index contributed by atoms with van der Waals surface area (Å²) in [5.41, 5.74) is 0. The lowest BCUT2D eigenvalue weighted by molar-refractivity contribution is -0.161. The summed E-state index contributed by atoms with van der Waals surface area (Å²) in [5, 5.41) is 0. The lowest BCUT2D eigenvalue weighted by atomic mass is 10.2. The number of hydrogen-bond donors (Lipinski definition) is 0. The molecule has 1 aromatic rings. The number of rotatable bonds is 5. The summed E-state index contributed by atoms with van der Waals surface area (Å²) in [6.07, 6.45) is -0.884. The molecular formula is C17H21BrN2O5. The molecule has 1 saturated heterocycles. The quantitative estimate of drug-likeness (QED) is 0.684. The van der Waals surface area contributed by atoms with Crippen molar-refractivity contribution in [2.75, 3.05) is 32.8 Å². The fourth-order valence-corrected chi connectivity index (χ4v) is 2.72. The third-order valence-corrected chi connectivity index (χ3v) is 4.39. The molecule has 1 heterocycles. The fraction of sp³-hybridized carbons (Fsp3) is 0.471. The highest BCUT2D eigenvalue weighted by molar-refractivity contribution is 9.10. The van der Waals surface area contributed by atoms with E-state index in [2.05, 4.69) is 15.9 Å². The topological polar surface area (TPSA) is 76.2 Å². The van der Waals surface area contributed by atoms with E-state index in [9.17, 15) is 14.4 Å². The van der Waals surface area contributed by atoms with E-state index in [-0.39, 0.29) is 18.4 Å². The summed E-state index contributed by atoms with van der Waals surface area (Å²) in [6.45, 7) is 4.65. The van der Waals surface area contributed by atoms with Gasteiger partial charge < -0.3 is 19.3 Å². The van der Waals surface area contributed by atoms with Gasteiger partial charge in [0.15, 0.2) is 12.7 Å². The third kappa shape index (κ3) is 5.74. The maximum absolute atomic E-state index is 12.3. The lowest BCUT2D eigenvalue weighted by Gasteiger charge is -2.35. The van der Waals surface area contributed by atoms with E-state index < -0.39 is 12.1 Å². The second-order valence-electron chi connectivity index (χ2n) is 5.71. The maximum Gasteiger partial charge on any atom is 0.344 e. The lowest BCUT2D eigenvalue weighted by Crippen LogP contribution is -2.52. The minimum Gasteiger partial charge on any atom is -0.482 e. The van der Waals surface area contributed by atoms with E-state index in [0.717, 1.165) is 4.47 Å². The Morgan fingerprint density at radius 3 is 2.20 bits per heavy atom. The van der Waals surface area contributed by atoms with Crippen LogP contribution < -0.4 is 4.74 Å². The average Bonchev–Trinajstić information content (AvgIpc) is 2.60. The number of benzene rings is 1. The van der Waals surface area contributed by atoms with Crippen LogP contribution in [0.5, 0.6) is 5.75 Å². The van der Waals surface area contributed by atoms with Crippen LogP contribution in [0.25, 0.3) is 0 Å². The van der Waals surface area contributed by atoms with E-state index >= 15 is 0 Å². The monoisotopic (exact) mass is 412 g/mol. The van der Waals surface area contributed by atoms with E-state index in [1.165, 1.54) is 13.8 Å². The summed E-state index contributed by atoms with van der Waals surface area (Å²) >= 11 is 3.31. The van der Waals surface area contributed by atoms with Crippen LogP contribution >= 0.6 is 15.9 Å². The zero-order valence-corrected chi connectivity index (χ0v) is 15.8. The van der Waals surface area contributed by atoms with Gasteiger partial charge in [-0.25, -0.2) is 4.79 Å². The molecule has 0 saturated carbocycles. The summed E-state index contributed by atoms with van der Waals surface area (Å²) < 4.78 is 11.4. The number of ether oxygens (including phenoxy) is 2. The van der Waals surface area contributed by atoms with Gasteiger partial charge in [-0.2, -0.15) is 0 Å². The molecule has 0 aromatic heterocycles. The summed E-state index contributed by atoms with van der Waals surface area (Å²) in [7, 11) is 0. The van der Waals surface area contributed by atoms with Crippen molar-refractivity contribution in [2.45, 2.75) is 20.0 Å². The Morgan fingerprint density at radius 2 is 1.64 bits per heavy atom. The Morgan fingerprint density at radius 1 is 1.08 bits per heavy atom. The van der Waals surface area contributed by atoms with Gasteiger partial charge in [0.1, 0.15) is 5.75 Å². The van der Waals surface area contributed by atoms with Crippen LogP contribution in [-0.2, 0) is 19.1 Å². The molecule has 1 aliphatic heterocycles. The minimum absolute atomic E-state index is 0.00309. The first kappa shape index (κ1) is 19.2. The van der Waals surface area contributed by atoms with E-state index in [0.29, 0.717) is 31.9 Å². The van der Waals surface area contributed by atoms with Crippen molar-refractivity contribution in [3.05, 3.63) is 28.7 Å². The standard InChI is InChI=1S/C17H21BrN2O5/c1-12(17(23)20-9-7-19(8-10-20)13(2)21)25-16(22)11-24-15-5-3-14(18)4-6-15/h3-6,12H,7-11H2,1-2H3. The number of esters is 1. The van der Waals surface area contributed by atoms with Crippen molar-refractivity contribution >= 4 is 33.7 Å². The number of halogens is 1. The Hall–Kier alpha value is -2.09. The predicted molar refractivity (Wildman–Crippen MR) is 94.0 cm³/mol. The van der Waals surface area contributed by atoms with E-state index in [1.54, 1.807) is 34.1 Å². The van der Waals surface area contributed by atoms with Crippen molar-refractivity contribution in [3.8, 4) is 5.75 Å². The first-order valence-corrected chi connectivity index (χ1v) is 8.78. The van der Waals surface area contributed by atoms with Crippen LogP contribution in [0.1, 0.15) is 13.8 Å². The van der Waals surface area contributed by atoms with Crippen LogP contribution in [0, 0.1) is 0 Å². The molecule has 2 amide bonds. The van der Waals surface area contributed by atoms with Gasteiger partial charge in [-0.15, -0.1) is 0 Å². The van der Waals surface area contributed by atoms with Crippen molar-refractivity contribution in [1.29, 1.82) is 0 Å². The molecule has 1 aliphatic rings. The molecular weight excluding hydrogens is 392 g/mol. The van der Waals surface area contributed by atoms with Crippen LogP contribution in [0.3, 0.4) is 0 Å². The number of amides is 2. The molecule has 25 heavy (non-hydrogen) atoms. The van der Waals surface area contributed by atoms with Crippen molar-refractivity contribution in [1.82, 2.24) is 9.80 Å². The number of piperazine rings is 1. The van der Waals surface area contributed by atoms with Crippen LogP contribution in [-0.4, -0.2) is 66.5 Å². The molecule has 136 valence electrons. The van der Waals surface area contributed by atoms with Crippen LogP contribution in [0.15, 0.2) is 28.7 Å². The zero-order valence-electron chi connectivity index (χ0n) is 14.2. The Labute approximate surface area is 155 Å². The molecule has 1 atom stereocenters. The smallest absolute Gasteiger partial charge is 0.344 e. The minimum atomic E-state index is -0.884. The largest absolute Gasteiger partial charge is 0.482 e. The molecule has 1 aromatic carbocycles. The highest BCUT2D eigenvalue weighted by Gasteiger charge is 2.27. The van der Waals surface area contributed by atoms with Gasteiger partial charge in [0.05, 0.1) is 0 Å². The molecule has 7 nitrogen and oxygen atoms in total. The van der Waals surface area contributed by atoms with Gasteiger partial charge in [-0.05, 0) is 31.2 Å². The zero-order chi connectivity index (χ0) is 18.4. The average molecular weight is 413 g/mol. The van der Waals surface area contributed by atoms with Gasteiger partial charge in [0.2, 0.25) is 5.91 Å². The second-order valence-corrected chi connectivity index (χ2v) is 6.62. The number of carbonyl (C=O) groups is 3. The van der Waals surface area contributed by atoms with Crippen molar-refractivity contribution < 1.29 is 23.9 Å². The molecule has 0 N–H and O–H groups in total. The first-order chi connectivity index (χ1) is 11.9. The Bertz CT molecular complexity index is 626. The molecule has 1 fully saturated rings. The molecule has 0 aliphatic carbocycles. The van der Waals surface area contributed by atoms with Gasteiger partial charge in [0, 0.05) is 37.6 Å². The molecule has 0 bridgehead atoms. The van der Waals surface area contributed by atoms with Gasteiger partial charge in [-0.1, -0.05) is 15.9 Å². The highest BCUT2D eigenvalue weighted by atomic mass is 79.9. The van der Waals surface area contributed by atoms with E-state index in [1.807, 2.05) is 0 Å². The van der Waals surface area contributed by atoms with Gasteiger partial charge in [-0.3, -0.25) is 9.59 Å². The van der Waals surface area contributed by atoms with Crippen LogP contribution in [0.2, 0.25) is 0 Å². The molecule has 0 spiro atoms. The second kappa shape index (κ2) is 8.84. The van der Waals surface area contributed by atoms with Crippen LogP contribution in [0.4, 0.5) is 0 Å². The molecule has 2 rings (SSSR count). The number of carbonyl (C=O) groups excluding carboxylic acids is 3. The summed E-state index contributed by atoms with van der Waals surface area (Å²) in [4.78, 5) is 38.8. The SMILES string of the molecule is CC(=O)N1CCN(C(=O)C(C)OC(=O)COc2ccc(Br)cc2)CC1. The van der Waals surface area contributed by atoms with E-state index in [4.69, 9.17) is 9.47 Å². The van der Waals surface area contributed by atoms with Gasteiger partial charge >= 0.3 is 5.97 Å². The molecule has 1 unspecified atom stereocenters. The molecule has 0 radical (unpaired) electrons. The normalized spacial score (nSPS) is 15.5. The molecule has 8 heteroatoms. The fourth-order valence-electron chi connectivity index (χ4n) is 2.45. The number of hydrogen-bond acceptors (Lipinski definition) is 5. The summed E-state index contributed by atoms with van der Waals surface area (Å²) in [6, 6.07) is 7.04. The maximum atomic E-state index is 12.3. The summed E-state index contributed by atoms with van der Waals surface area (Å²) in [5.74, 6) is -0.331. The first-order valence-electron chi connectivity index (χ1n) is 7.99. The van der Waals surface area contributed by atoms with Crippen molar-refractivity contribution in [3.63, 3.8) is 0 Å².